The fourth-order valence-corrected chi connectivity index (χ4v) is 3.94. The molecule has 0 bridgehead atoms. The Hall–Kier alpha value is -0.0400. The van der Waals surface area contributed by atoms with Crippen LogP contribution in [0, 0.1) is 17.3 Å². The maximum absolute atomic E-state index is 3.91. The minimum Gasteiger partial charge on any atom is -0.313 e. The molecule has 0 aromatic carbocycles. The quantitative estimate of drug-likeness (QED) is 0.688. The lowest BCUT2D eigenvalue weighted by molar-refractivity contribution is 0.241. The van der Waals surface area contributed by atoms with Gasteiger partial charge >= 0.3 is 0 Å². The maximum Gasteiger partial charge on any atom is 0.00699 e. The first kappa shape index (κ1) is 14.4. The molecule has 2 saturated carbocycles. The van der Waals surface area contributed by atoms with Crippen LogP contribution in [0.1, 0.15) is 78.6 Å². The van der Waals surface area contributed by atoms with Gasteiger partial charge in [-0.2, -0.15) is 0 Å². The highest BCUT2D eigenvalue weighted by atomic mass is 14.9. The lowest BCUT2D eigenvalue weighted by atomic mass is 9.81. The van der Waals surface area contributed by atoms with E-state index in [0.29, 0.717) is 0 Å². The molecule has 1 N–H and O–H groups in total. The Morgan fingerprint density at radius 2 is 2.00 bits per heavy atom. The second-order valence-corrected chi connectivity index (χ2v) is 7.49. The van der Waals surface area contributed by atoms with E-state index in [2.05, 4.69) is 26.1 Å². The molecule has 2 fully saturated rings. The first-order valence-corrected chi connectivity index (χ1v) is 8.37. The van der Waals surface area contributed by atoms with Crippen molar-refractivity contribution in [3.63, 3.8) is 0 Å². The topological polar surface area (TPSA) is 12.0 Å². The van der Waals surface area contributed by atoms with E-state index in [1.54, 1.807) is 0 Å². The third-order valence-electron chi connectivity index (χ3n) is 5.09. The summed E-state index contributed by atoms with van der Waals surface area (Å²) < 4.78 is 0. The van der Waals surface area contributed by atoms with E-state index in [4.69, 9.17) is 0 Å². The zero-order chi connectivity index (χ0) is 13.0. The third-order valence-corrected chi connectivity index (χ3v) is 5.09. The van der Waals surface area contributed by atoms with E-state index >= 15 is 0 Å². The lowest BCUT2D eigenvalue weighted by Crippen LogP contribution is -2.38. The summed E-state index contributed by atoms with van der Waals surface area (Å²) in [6.07, 6.45) is 13.0. The van der Waals surface area contributed by atoms with Crippen LogP contribution in [0.25, 0.3) is 0 Å². The van der Waals surface area contributed by atoms with Crippen molar-refractivity contribution in [3.05, 3.63) is 0 Å². The zero-order valence-corrected chi connectivity index (χ0v) is 12.8. The summed E-state index contributed by atoms with van der Waals surface area (Å²) in [6, 6.07) is 0.830. The van der Waals surface area contributed by atoms with Gasteiger partial charge in [-0.25, -0.2) is 0 Å². The summed E-state index contributed by atoms with van der Waals surface area (Å²) in [6.45, 7) is 8.38. The average Bonchev–Trinajstić information content (AvgIpc) is 3.07. The van der Waals surface area contributed by atoms with Crippen molar-refractivity contribution >= 4 is 0 Å². The summed E-state index contributed by atoms with van der Waals surface area (Å²) in [7, 11) is 0. The summed E-state index contributed by atoms with van der Waals surface area (Å²) in [4.78, 5) is 0. The fraction of sp³-hybridized carbons (Fsp3) is 1.00. The van der Waals surface area contributed by atoms with Gasteiger partial charge in [-0.05, 0) is 55.8 Å². The summed E-state index contributed by atoms with van der Waals surface area (Å²) in [5, 5.41) is 3.91. The highest BCUT2D eigenvalue weighted by molar-refractivity contribution is 4.95. The molecule has 2 rings (SSSR count). The minimum atomic E-state index is 0.722. The average molecular weight is 251 g/mol. The molecule has 0 saturated heterocycles. The van der Waals surface area contributed by atoms with Crippen molar-refractivity contribution < 1.29 is 0 Å². The van der Waals surface area contributed by atoms with Gasteiger partial charge < -0.3 is 5.32 Å². The van der Waals surface area contributed by atoms with Crippen molar-refractivity contribution in [2.45, 2.75) is 84.6 Å². The number of hydrogen-bond acceptors (Lipinski definition) is 1. The molecule has 0 spiro atoms. The van der Waals surface area contributed by atoms with Gasteiger partial charge in [0.2, 0.25) is 0 Å². The van der Waals surface area contributed by atoms with E-state index in [1.165, 1.54) is 64.3 Å². The Bertz CT molecular complexity index is 242. The molecular weight excluding hydrogens is 218 g/mol. The third kappa shape index (κ3) is 4.26. The first-order valence-electron chi connectivity index (χ1n) is 8.37. The Labute approximate surface area is 114 Å². The van der Waals surface area contributed by atoms with Gasteiger partial charge in [-0.15, -0.1) is 0 Å². The van der Waals surface area contributed by atoms with Crippen molar-refractivity contribution in [2.24, 2.45) is 17.3 Å². The molecule has 2 unspecified atom stereocenters. The number of nitrogens with one attached hydrogen (secondary N) is 1. The maximum atomic E-state index is 3.91. The van der Waals surface area contributed by atoms with Gasteiger partial charge in [0.1, 0.15) is 0 Å². The molecule has 2 aliphatic carbocycles. The van der Waals surface area contributed by atoms with Crippen LogP contribution in [0.2, 0.25) is 0 Å². The molecule has 0 amide bonds. The van der Waals surface area contributed by atoms with Gasteiger partial charge in [0.05, 0.1) is 0 Å². The Balaban J connectivity index is 1.69. The SMILES string of the molecule is CCCC1(CNC2CCCC(CC(C)C)C2)CC1. The molecule has 0 aliphatic heterocycles. The molecule has 0 aromatic rings. The fourth-order valence-electron chi connectivity index (χ4n) is 3.94. The summed E-state index contributed by atoms with van der Waals surface area (Å²) >= 11 is 0. The van der Waals surface area contributed by atoms with Gasteiger partial charge in [0, 0.05) is 12.6 Å². The van der Waals surface area contributed by atoms with Crippen molar-refractivity contribution in [3.8, 4) is 0 Å². The monoisotopic (exact) mass is 251 g/mol. The predicted octanol–water partition coefficient (Wildman–Crippen LogP) is 4.76. The lowest BCUT2D eigenvalue weighted by Gasteiger charge is -2.32. The molecule has 18 heavy (non-hydrogen) atoms. The van der Waals surface area contributed by atoms with Gasteiger partial charge in [-0.3, -0.25) is 0 Å². The molecule has 1 nitrogen and oxygen atoms in total. The van der Waals surface area contributed by atoms with E-state index in [-0.39, 0.29) is 0 Å². The second kappa shape index (κ2) is 6.41. The standard InChI is InChI=1S/C17H33N/c1-4-8-17(9-10-17)13-18-16-7-5-6-15(12-16)11-14(2)3/h14-16,18H,4-13H2,1-3H3. The highest BCUT2D eigenvalue weighted by Gasteiger charge is 2.41. The highest BCUT2D eigenvalue weighted by Crippen LogP contribution is 2.49. The van der Waals surface area contributed by atoms with Gasteiger partial charge in [-0.1, -0.05) is 40.0 Å². The smallest absolute Gasteiger partial charge is 0.00699 e. The van der Waals surface area contributed by atoms with Crippen molar-refractivity contribution in [2.75, 3.05) is 6.54 Å². The van der Waals surface area contributed by atoms with E-state index in [9.17, 15) is 0 Å². The molecule has 1 heteroatoms. The molecule has 0 radical (unpaired) electrons. The van der Waals surface area contributed by atoms with Crippen LogP contribution in [0.5, 0.6) is 0 Å². The Kier molecular flexibility index (Phi) is 5.12. The molecule has 2 aliphatic rings. The van der Waals surface area contributed by atoms with Crippen molar-refractivity contribution in [1.29, 1.82) is 0 Å². The van der Waals surface area contributed by atoms with Crippen LogP contribution in [0.3, 0.4) is 0 Å². The number of rotatable bonds is 7. The van der Waals surface area contributed by atoms with Crippen LogP contribution < -0.4 is 5.32 Å². The van der Waals surface area contributed by atoms with E-state index < -0.39 is 0 Å². The molecule has 106 valence electrons. The van der Waals surface area contributed by atoms with Gasteiger partial charge in [0.25, 0.3) is 0 Å². The summed E-state index contributed by atoms with van der Waals surface area (Å²) in [5.41, 5.74) is 0.722. The first-order chi connectivity index (χ1) is 8.63. The largest absolute Gasteiger partial charge is 0.313 e. The molecular formula is C17H33N. The van der Waals surface area contributed by atoms with Gasteiger partial charge in [0.15, 0.2) is 0 Å². The van der Waals surface area contributed by atoms with Crippen LogP contribution in [0.4, 0.5) is 0 Å². The second-order valence-electron chi connectivity index (χ2n) is 7.49. The van der Waals surface area contributed by atoms with Crippen molar-refractivity contribution in [1.82, 2.24) is 5.32 Å². The number of hydrogen-bond donors (Lipinski definition) is 1. The van der Waals surface area contributed by atoms with Crippen LogP contribution in [0.15, 0.2) is 0 Å². The van der Waals surface area contributed by atoms with E-state index in [0.717, 1.165) is 23.3 Å². The van der Waals surface area contributed by atoms with Crippen LogP contribution >= 0.6 is 0 Å². The minimum absolute atomic E-state index is 0.722. The Morgan fingerprint density at radius 1 is 1.22 bits per heavy atom. The van der Waals surface area contributed by atoms with E-state index in [1.807, 2.05) is 0 Å². The van der Waals surface area contributed by atoms with Crippen LogP contribution in [-0.4, -0.2) is 12.6 Å². The zero-order valence-electron chi connectivity index (χ0n) is 12.8. The molecule has 0 aromatic heterocycles. The summed E-state index contributed by atoms with van der Waals surface area (Å²) in [5.74, 6) is 1.88. The normalized spacial score (nSPS) is 30.7. The van der Waals surface area contributed by atoms with Crippen LogP contribution in [-0.2, 0) is 0 Å². The predicted molar refractivity (Wildman–Crippen MR) is 79.8 cm³/mol. The molecule has 2 atom stereocenters. The molecule has 0 heterocycles. The Morgan fingerprint density at radius 3 is 2.61 bits per heavy atom.